The van der Waals surface area contributed by atoms with Gasteiger partial charge in [-0.05, 0) is 30.5 Å². The molecule has 3 heteroatoms. The standard InChI is InChI=1S/C12H18N2O/c13-8-9-4-1-2-5-10(9)12-11(15)6-3-7-14-12/h1-2,4-5,11-12,14-15H,3,6-8,13H2. The Morgan fingerprint density at radius 2 is 2.20 bits per heavy atom. The largest absolute Gasteiger partial charge is 0.391 e. The van der Waals surface area contributed by atoms with Crippen LogP contribution < -0.4 is 11.1 Å². The second-order valence-corrected chi connectivity index (χ2v) is 4.04. The molecule has 2 unspecified atom stereocenters. The number of nitrogens with two attached hydrogens (primary N) is 1. The van der Waals surface area contributed by atoms with Gasteiger partial charge < -0.3 is 16.2 Å². The van der Waals surface area contributed by atoms with Gasteiger partial charge in [0.1, 0.15) is 0 Å². The Labute approximate surface area is 90.3 Å². The highest BCUT2D eigenvalue weighted by atomic mass is 16.3. The summed E-state index contributed by atoms with van der Waals surface area (Å²) in [7, 11) is 0. The summed E-state index contributed by atoms with van der Waals surface area (Å²) in [6, 6.07) is 8.11. The Hall–Kier alpha value is -0.900. The van der Waals surface area contributed by atoms with E-state index in [4.69, 9.17) is 5.73 Å². The van der Waals surface area contributed by atoms with Crippen molar-refractivity contribution < 1.29 is 5.11 Å². The quantitative estimate of drug-likeness (QED) is 0.674. The Morgan fingerprint density at radius 1 is 1.40 bits per heavy atom. The predicted octanol–water partition coefficient (Wildman–Crippen LogP) is 0.931. The normalized spacial score (nSPS) is 26.5. The summed E-state index contributed by atoms with van der Waals surface area (Å²) in [4.78, 5) is 0. The predicted molar refractivity (Wildman–Crippen MR) is 60.3 cm³/mol. The highest BCUT2D eigenvalue weighted by Gasteiger charge is 2.25. The number of hydrogen-bond donors (Lipinski definition) is 3. The van der Waals surface area contributed by atoms with Crippen LogP contribution in [0.15, 0.2) is 24.3 Å². The van der Waals surface area contributed by atoms with E-state index in [2.05, 4.69) is 11.4 Å². The van der Waals surface area contributed by atoms with Gasteiger partial charge in [-0.25, -0.2) is 0 Å². The first-order valence-electron chi connectivity index (χ1n) is 5.52. The number of rotatable bonds is 2. The summed E-state index contributed by atoms with van der Waals surface area (Å²) in [5.74, 6) is 0. The van der Waals surface area contributed by atoms with Gasteiger partial charge in [0, 0.05) is 6.54 Å². The maximum Gasteiger partial charge on any atom is 0.0735 e. The van der Waals surface area contributed by atoms with Crippen LogP contribution in [0.2, 0.25) is 0 Å². The zero-order valence-corrected chi connectivity index (χ0v) is 8.82. The fourth-order valence-electron chi connectivity index (χ4n) is 2.21. The maximum absolute atomic E-state index is 9.94. The van der Waals surface area contributed by atoms with Crippen molar-refractivity contribution in [2.45, 2.75) is 31.5 Å². The molecule has 1 aromatic carbocycles. The molecule has 2 rings (SSSR count). The van der Waals surface area contributed by atoms with Crippen molar-refractivity contribution in [1.82, 2.24) is 5.32 Å². The number of benzene rings is 1. The lowest BCUT2D eigenvalue weighted by Crippen LogP contribution is -2.38. The first-order valence-corrected chi connectivity index (χ1v) is 5.52. The average Bonchev–Trinajstić information content (AvgIpc) is 2.30. The molecule has 4 N–H and O–H groups in total. The minimum absolute atomic E-state index is 0.0542. The maximum atomic E-state index is 9.94. The molecule has 0 spiro atoms. The highest BCUT2D eigenvalue weighted by Crippen LogP contribution is 2.25. The summed E-state index contributed by atoms with van der Waals surface area (Å²) < 4.78 is 0. The van der Waals surface area contributed by atoms with Crippen molar-refractivity contribution in [1.29, 1.82) is 0 Å². The first kappa shape index (κ1) is 10.6. The molecule has 1 aliphatic heterocycles. The van der Waals surface area contributed by atoms with E-state index in [0.29, 0.717) is 6.54 Å². The van der Waals surface area contributed by atoms with Gasteiger partial charge in [0.25, 0.3) is 0 Å². The van der Waals surface area contributed by atoms with Gasteiger partial charge in [0.15, 0.2) is 0 Å². The second kappa shape index (κ2) is 4.75. The lowest BCUT2D eigenvalue weighted by molar-refractivity contribution is 0.0961. The van der Waals surface area contributed by atoms with E-state index in [9.17, 15) is 5.11 Å². The van der Waals surface area contributed by atoms with Crippen LogP contribution in [-0.2, 0) is 6.54 Å². The average molecular weight is 206 g/mol. The molecule has 0 radical (unpaired) electrons. The van der Waals surface area contributed by atoms with E-state index in [0.717, 1.165) is 30.5 Å². The SMILES string of the molecule is NCc1ccccc1C1NCCCC1O. The van der Waals surface area contributed by atoms with E-state index in [-0.39, 0.29) is 12.1 Å². The van der Waals surface area contributed by atoms with E-state index < -0.39 is 0 Å². The fourth-order valence-corrected chi connectivity index (χ4v) is 2.21. The van der Waals surface area contributed by atoms with E-state index in [1.165, 1.54) is 0 Å². The third kappa shape index (κ3) is 2.20. The molecule has 15 heavy (non-hydrogen) atoms. The van der Waals surface area contributed by atoms with Gasteiger partial charge in [-0.2, -0.15) is 0 Å². The molecule has 0 amide bonds. The molecular weight excluding hydrogens is 188 g/mol. The molecule has 1 aliphatic rings. The zero-order chi connectivity index (χ0) is 10.7. The summed E-state index contributed by atoms with van der Waals surface area (Å²) in [6.45, 7) is 1.50. The Balaban J connectivity index is 2.26. The fraction of sp³-hybridized carbons (Fsp3) is 0.500. The van der Waals surface area contributed by atoms with Crippen LogP contribution in [0.4, 0.5) is 0 Å². The zero-order valence-electron chi connectivity index (χ0n) is 8.82. The topological polar surface area (TPSA) is 58.3 Å². The summed E-state index contributed by atoms with van der Waals surface area (Å²) in [5, 5.41) is 13.3. The smallest absolute Gasteiger partial charge is 0.0735 e. The molecule has 82 valence electrons. The summed E-state index contributed by atoms with van der Waals surface area (Å²) in [6.07, 6.45) is 1.63. The molecule has 0 saturated carbocycles. The van der Waals surface area contributed by atoms with Crippen LogP contribution >= 0.6 is 0 Å². The first-order chi connectivity index (χ1) is 7.33. The number of nitrogens with one attached hydrogen (secondary N) is 1. The van der Waals surface area contributed by atoms with E-state index >= 15 is 0 Å². The Bertz CT molecular complexity index is 327. The molecule has 0 aliphatic carbocycles. The molecule has 1 heterocycles. The van der Waals surface area contributed by atoms with Gasteiger partial charge in [-0.15, -0.1) is 0 Å². The molecule has 0 aromatic heterocycles. The van der Waals surface area contributed by atoms with Crippen LogP contribution in [-0.4, -0.2) is 17.8 Å². The summed E-state index contributed by atoms with van der Waals surface area (Å²) in [5.41, 5.74) is 7.96. The van der Waals surface area contributed by atoms with Crippen molar-refractivity contribution in [3.63, 3.8) is 0 Å². The lowest BCUT2D eigenvalue weighted by Gasteiger charge is -2.30. The van der Waals surface area contributed by atoms with Crippen molar-refractivity contribution >= 4 is 0 Å². The molecule has 2 atom stereocenters. The van der Waals surface area contributed by atoms with Gasteiger partial charge in [-0.1, -0.05) is 24.3 Å². The summed E-state index contributed by atoms with van der Waals surface area (Å²) >= 11 is 0. The van der Waals surface area contributed by atoms with Crippen molar-refractivity contribution in [3.8, 4) is 0 Å². The van der Waals surface area contributed by atoms with Gasteiger partial charge in [0.2, 0.25) is 0 Å². The third-order valence-electron chi connectivity index (χ3n) is 3.04. The molecule has 1 fully saturated rings. The monoisotopic (exact) mass is 206 g/mol. The molecule has 3 nitrogen and oxygen atoms in total. The van der Waals surface area contributed by atoms with Crippen LogP contribution in [0, 0.1) is 0 Å². The van der Waals surface area contributed by atoms with Crippen LogP contribution in [0.1, 0.15) is 30.0 Å². The van der Waals surface area contributed by atoms with Crippen molar-refractivity contribution in [3.05, 3.63) is 35.4 Å². The molecule has 1 aromatic rings. The molecule has 0 bridgehead atoms. The van der Waals surface area contributed by atoms with Crippen LogP contribution in [0.3, 0.4) is 0 Å². The van der Waals surface area contributed by atoms with Crippen LogP contribution in [0.5, 0.6) is 0 Å². The second-order valence-electron chi connectivity index (χ2n) is 4.04. The number of piperidine rings is 1. The number of hydrogen-bond acceptors (Lipinski definition) is 3. The number of aliphatic hydroxyl groups excluding tert-OH is 1. The van der Waals surface area contributed by atoms with Gasteiger partial charge in [0.05, 0.1) is 12.1 Å². The minimum atomic E-state index is -0.286. The minimum Gasteiger partial charge on any atom is -0.391 e. The lowest BCUT2D eigenvalue weighted by atomic mass is 9.91. The molecule has 1 saturated heterocycles. The van der Waals surface area contributed by atoms with Gasteiger partial charge in [-0.3, -0.25) is 0 Å². The highest BCUT2D eigenvalue weighted by molar-refractivity contribution is 5.31. The Morgan fingerprint density at radius 3 is 2.93 bits per heavy atom. The molecular formula is C12H18N2O. The third-order valence-corrected chi connectivity index (χ3v) is 3.04. The van der Waals surface area contributed by atoms with Crippen molar-refractivity contribution in [2.24, 2.45) is 5.73 Å². The van der Waals surface area contributed by atoms with Gasteiger partial charge >= 0.3 is 0 Å². The van der Waals surface area contributed by atoms with E-state index in [1.807, 2.05) is 18.2 Å². The van der Waals surface area contributed by atoms with Crippen LogP contribution in [0.25, 0.3) is 0 Å². The van der Waals surface area contributed by atoms with E-state index in [1.54, 1.807) is 0 Å². The van der Waals surface area contributed by atoms with Crippen molar-refractivity contribution in [2.75, 3.05) is 6.54 Å². The number of aliphatic hydroxyl groups is 1. The Kier molecular flexibility index (Phi) is 3.36.